The molecule has 2 heterocycles. The van der Waals surface area contributed by atoms with E-state index in [-0.39, 0.29) is 0 Å². The standard InChI is InChI=1S/C11H15N5O/c1-7(2)4-5-17-10-8-6-13-16-9(8)14-11(12-3)15-10/h6H,1,4-5H2,2-3H3,(H2,12,13,14,15,16). The summed E-state index contributed by atoms with van der Waals surface area (Å²) in [5.74, 6) is 1.04. The van der Waals surface area contributed by atoms with Crippen LogP contribution in [0.25, 0.3) is 11.0 Å². The van der Waals surface area contributed by atoms with Crippen molar-refractivity contribution in [2.75, 3.05) is 19.0 Å². The van der Waals surface area contributed by atoms with Crippen LogP contribution in [0.5, 0.6) is 5.88 Å². The van der Waals surface area contributed by atoms with Crippen molar-refractivity contribution in [1.29, 1.82) is 0 Å². The molecular weight excluding hydrogens is 218 g/mol. The van der Waals surface area contributed by atoms with Crippen LogP contribution in [0, 0.1) is 0 Å². The van der Waals surface area contributed by atoms with E-state index in [9.17, 15) is 0 Å². The first-order valence-corrected chi connectivity index (χ1v) is 5.36. The summed E-state index contributed by atoms with van der Waals surface area (Å²) in [7, 11) is 1.76. The predicted octanol–water partition coefficient (Wildman–Crippen LogP) is 1.74. The minimum absolute atomic E-state index is 0.507. The first kappa shape index (κ1) is 11.4. The average molecular weight is 233 g/mol. The molecule has 6 heteroatoms. The van der Waals surface area contributed by atoms with Crippen LogP contribution in [0.4, 0.5) is 5.95 Å². The van der Waals surface area contributed by atoms with E-state index in [1.807, 2.05) is 6.92 Å². The van der Waals surface area contributed by atoms with Crippen LogP contribution in [-0.2, 0) is 0 Å². The van der Waals surface area contributed by atoms with Gasteiger partial charge in [0.15, 0.2) is 5.65 Å². The predicted molar refractivity (Wildman–Crippen MR) is 66.2 cm³/mol. The number of ether oxygens (including phenoxy) is 1. The molecule has 0 saturated carbocycles. The van der Waals surface area contributed by atoms with Crippen molar-refractivity contribution in [2.24, 2.45) is 0 Å². The van der Waals surface area contributed by atoms with Crippen LogP contribution in [0.15, 0.2) is 18.3 Å². The summed E-state index contributed by atoms with van der Waals surface area (Å²) in [6.45, 7) is 6.35. The van der Waals surface area contributed by atoms with Crippen LogP contribution < -0.4 is 10.1 Å². The van der Waals surface area contributed by atoms with Crippen LogP contribution in [0.3, 0.4) is 0 Å². The molecule has 0 bridgehead atoms. The molecule has 0 aliphatic carbocycles. The SMILES string of the molecule is C=C(C)CCOc1nc(NC)nc2[nH]ncc12. The fourth-order valence-electron chi connectivity index (χ4n) is 1.35. The Balaban J connectivity index is 2.24. The lowest BCUT2D eigenvalue weighted by atomic mass is 10.3. The molecule has 0 aliphatic heterocycles. The molecule has 0 atom stereocenters. The van der Waals surface area contributed by atoms with Crippen molar-refractivity contribution >= 4 is 17.0 Å². The molecule has 0 unspecified atom stereocenters. The van der Waals surface area contributed by atoms with Crippen LogP contribution in [0.2, 0.25) is 0 Å². The smallest absolute Gasteiger partial charge is 0.229 e. The van der Waals surface area contributed by atoms with Crippen molar-refractivity contribution in [2.45, 2.75) is 13.3 Å². The highest BCUT2D eigenvalue weighted by atomic mass is 16.5. The van der Waals surface area contributed by atoms with Gasteiger partial charge >= 0.3 is 0 Å². The Morgan fingerprint density at radius 3 is 3.06 bits per heavy atom. The van der Waals surface area contributed by atoms with E-state index in [4.69, 9.17) is 4.74 Å². The molecule has 0 amide bonds. The Morgan fingerprint density at radius 1 is 1.53 bits per heavy atom. The van der Waals surface area contributed by atoms with E-state index >= 15 is 0 Å². The highest BCUT2D eigenvalue weighted by Crippen LogP contribution is 2.22. The van der Waals surface area contributed by atoms with Gasteiger partial charge in [-0.1, -0.05) is 5.57 Å². The summed E-state index contributed by atoms with van der Waals surface area (Å²) < 4.78 is 5.62. The molecular formula is C11H15N5O. The summed E-state index contributed by atoms with van der Waals surface area (Å²) in [6, 6.07) is 0. The zero-order chi connectivity index (χ0) is 12.3. The van der Waals surface area contributed by atoms with Gasteiger partial charge in [0.25, 0.3) is 0 Å². The van der Waals surface area contributed by atoms with Gasteiger partial charge in [0, 0.05) is 13.5 Å². The highest BCUT2D eigenvalue weighted by molar-refractivity contribution is 5.80. The molecule has 2 aromatic heterocycles. The fraction of sp³-hybridized carbons (Fsp3) is 0.364. The van der Waals surface area contributed by atoms with Gasteiger partial charge in [0.2, 0.25) is 11.8 Å². The third-order valence-electron chi connectivity index (χ3n) is 2.27. The van der Waals surface area contributed by atoms with Crippen LogP contribution in [0.1, 0.15) is 13.3 Å². The van der Waals surface area contributed by atoms with Gasteiger partial charge < -0.3 is 10.1 Å². The third kappa shape index (κ3) is 2.52. The molecule has 0 aromatic carbocycles. The Labute approximate surface area is 99.1 Å². The zero-order valence-electron chi connectivity index (χ0n) is 9.95. The maximum absolute atomic E-state index is 5.62. The number of hydrogen-bond donors (Lipinski definition) is 2. The van der Waals surface area contributed by atoms with Crippen molar-refractivity contribution < 1.29 is 4.74 Å². The summed E-state index contributed by atoms with van der Waals surface area (Å²) in [6.07, 6.45) is 2.46. The monoisotopic (exact) mass is 233 g/mol. The van der Waals surface area contributed by atoms with E-state index in [1.165, 1.54) is 0 Å². The number of fused-ring (bicyclic) bond motifs is 1. The molecule has 0 saturated heterocycles. The summed E-state index contributed by atoms with van der Waals surface area (Å²) in [5.41, 5.74) is 1.74. The molecule has 90 valence electrons. The normalized spacial score (nSPS) is 10.5. The maximum atomic E-state index is 5.62. The number of rotatable bonds is 5. The number of aromatic amines is 1. The molecule has 6 nitrogen and oxygen atoms in total. The van der Waals surface area contributed by atoms with Gasteiger partial charge in [0.1, 0.15) is 5.39 Å². The number of nitrogens with zero attached hydrogens (tertiary/aromatic N) is 3. The van der Waals surface area contributed by atoms with E-state index in [0.717, 1.165) is 17.4 Å². The van der Waals surface area contributed by atoms with E-state index in [2.05, 4.69) is 32.1 Å². The molecule has 2 aromatic rings. The Morgan fingerprint density at radius 2 is 2.35 bits per heavy atom. The minimum Gasteiger partial charge on any atom is -0.477 e. The van der Waals surface area contributed by atoms with E-state index < -0.39 is 0 Å². The van der Waals surface area contributed by atoms with Crippen molar-refractivity contribution in [3.8, 4) is 5.88 Å². The largest absolute Gasteiger partial charge is 0.477 e. The second-order valence-electron chi connectivity index (χ2n) is 3.79. The molecule has 0 spiro atoms. The number of nitrogens with one attached hydrogen (secondary N) is 2. The quantitative estimate of drug-likeness (QED) is 0.769. The number of hydrogen-bond acceptors (Lipinski definition) is 5. The number of anilines is 1. The van der Waals surface area contributed by atoms with E-state index in [0.29, 0.717) is 24.1 Å². The number of aromatic nitrogens is 4. The fourth-order valence-corrected chi connectivity index (χ4v) is 1.35. The van der Waals surface area contributed by atoms with Gasteiger partial charge in [-0.3, -0.25) is 5.10 Å². The average Bonchev–Trinajstić information content (AvgIpc) is 2.76. The number of H-pyrrole nitrogens is 1. The lowest BCUT2D eigenvalue weighted by Crippen LogP contribution is -2.03. The second kappa shape index (κ2) is 4.82. The van der Waals surface area contributed by atoms with Crippen LogP contribution in [-0.4, -0.2) is 33.8 Å². The second-order valence-corrected chi connectivity index (χ2v) is 3.79. The van der Waals surface area contributed by atoms with Gasteiger partial charge in [-0.25, -0.2) is 0 Å². The minimum atomic E-state index is 0.507. The van der Waals surface area contributed by atoms with Gasteiger partial charge in [-0.15, -0.1) is 6.58 Å². The van der Waals surface area contributed by atoms with E-state index in [1.54, 1.807) is 13.2 Å². The molecule has 0 fully saturated rings. The van der Waals surface area contributed by atoms with Gasteiger partial charge in [-0.2, -0.15) is 15.1 Å². The lowest BCUT2D eigenvalue weighted by molar-refractivity contribution is 0.313. The van der Waals surface area contributed by atoms with Gasteiger partial charge in [-0.05, 0) is 6.92 Å². The van der Waals surface area contributed by atoms with Crippen LogP contribution >= 0.6 is 0 Å². The summed E-state index contributed by atoms with van der Waals surface area (Å²) >= 11 is 0. The first-order valence-electron chi connectivity index (χ1n) is 5.36. The van der Waals surface area contributed by atoms with Crippen molar-refractivity contribution in [1.82, 2.24) is 20.2 Å². The third-order valence-corrected chi connectivity index (χ3v) is 2.27. The molecule has 0 radical (unpaired) electrons. The van der Waals surface area contributed by atoms with Gasteiger partial charge in [0.05, 0.1) is 12.8 Å². The Kier molecular flexibility index (Phi) is 3.22. The summed E-state index contributed by atoms with van der Waals surface area (Å²) in [4.78, 5) is 8.47. The highest BCUT2D eigenvalue weighted by Gasteiger charge is 2.09. The van der Waals surface area contributed by atoms with Crippen molar-refractivity contribution in [3.63, 3.8) is 0 Å². The first-order chi connectivity index (χ1) is 8.20. The molecule has 0 aliphatic rings. The molecule has 2 N–H and O–H groups in total. The zero-order valence-corrected chi connectivity index (χ0v) is 9.95. The molecule has 2 rings (SSSR count). The van der Waals surface area contributed by atoms with Crippen molar-refractivity contribution in [3.05, 3.63) is 18.3 Å². The lowest BCUT2D eigenvalue weighted by Gasteiger charge is -2.07. The topological polar surface area (TPSA) is 75.7 Å². The maximum Gasteiger partial charge on any atom is 0.229 e. The Bertz CT molecular complexity index is 534. The molecule has 17 heavy (non-hydrogen) atoms. The summed E-state index contributed by atoms with van der Waals surface area (Å²) in [5, 5.41) is 10.4. The Hall–Kier alpha value is -2.11.